The van der Waals surface area contributed by atoms with Crippen molar-refractivity contribution in [3.8, 4) is 5.75 Å². The fraction of sp³-hybridized carbons (Fsp3) is 0.500. The van der Waals surface area contributed by atoms with Gasteiger partial charge in [-0.15, -0.1) is 0 Å². The molecule has 0 unspecified atom stereocenters. The number of hydrogen-bond donors (Lipinski definition) is 0. The number of likely N-dealkylation sites (N-methyl/N-ethyl adjacent to an activating group) is 1. The fourth-order valence-electron chi connectivity index (χ4n) is 5.60. The van der Waals surface area contributed by atoms with Crippen LogP contribution in [-0.4, -0.2) is 79.7 Å². The van der Waals surface area contributed by atoms with Crippen molar-refractivity contribution >= 4 is 33.9 Å². The van der Waals surface area contributed by atoms with Crippen LogP contribution in [0.4, 0.5) is 19.1 Å². The number of hydrogen-bond acceptors (Lipinski definition) is 9. The standard InChI is InChI=1S/C30H36ClF3N4O3S.C4H8O2/c1-4-25-16-27(17-26(37(25)2)14-21-8-6-5-7-9-21)38(20-22-12-23(30(32,33)34)15-24(31)13-22)29-35-18-28(19-36-29)41-10-11-42(3,39)40;1-4(2)6-3-5/h5-9,12-13,15,18-19,25-27H,4,10-11,14,16-17,20H2,1-3H3;3-4H,1-2H3/t25-,26+,27+;/m1./s1. The normalized spacial score (nSPS) is 18.5. The summed E-state index contributed by atoms with van der Waals surface area (Å²) >= 11 is 6.14. The average molecular weight is 713 g/mol. The molecule has 0 amide bonds. The number of carbonyl (C=O) groups is 1. The number of anilines is 1. The SMILES string of the molecule is CC(C)OC=O.CC[C@@H]1C[C@H](N(Cc2cc(Cl)cc(C(F)(F)F)c2)c2ncc(OCCS(C)(=O)=O)cn2)C[C@H](Cc2ccccc2)N1C. The molecule has 0 radical (unpaired) electrons. The minimum Gasteiger partial charge on any atom is -0.489 e. The zero-order valence-electron chi connectivity index (χ0n) is 27.9. The van der Waals surface area contributed by atoms with Crippen molar-refractivity contribution in [2.45, 2.75) is 83.4 Å². The maximum absolute atomic E-state index is 13.6. The number of alkyl halides is 3. The third-order valence-corrected chi connectivity index (χ3v) is 9.15. The second kappa shape index (κ2) is 17.8. The maximum Gasteiger partial charge on any atom is 0.416 e. The number of halogens is 4. The molecule has 14 heteroatoms. The lowest BCUT2D eigenvalue weighted by molar-refractivity contribution is -0.137. The zero-order chi connectivity index (χ0) is 35.5. The lowest BCUT2D eigenvalue weighted by Gasteiger charge is -2.47. The third kappa shape index (κ3) is 12.6. The van der Waals surface area contributed by atoms with Crippen LogP contribution in [0.15, 0.2) is 60.9 Å². The number of rotatable bonds is 13. The molecular weight excluding hydrogens is 669 g/mol. The van der Waals surface area contributed by atoms with Gasteiger partial charge in [0.15, 0.2) is 15.6 Å². The molecule has 2 aromatic carbocycles. The summed E-state index contributed by atoms with van der Waals surface area (Å²) in [6.45, 7) is 6.27. The molecule has 1 aromatic heterocycles. The van der Waals surface area contributed by atoms with Crippen molar-refractivity contribution in [1.82, 2.24) is 14.9 Å². The highest BCUT2D eigenvalue weighted by Gasteiger charge is 2.37. The van der Waals surface area contributed by atoms with Gasteiger partial charge in [-0.2, -0.15) is 13.2 Å². The second-order valence-corrected chi connectivity index (χ2v) is 14.8. The molecule has 48 heavy (non-hydrogen) atoms. The number of carbonyl (C=O) groups excluding carboxylic acids is 1. The van der Waals surface area contributed by atoms with E-state index in [1.165, 1.54) is 18.0 Å². The molecule has 0 saturated carbocycles. The number of piperidine rings is 1. The van der Waals surface area contributed by atoms with E-state index in [1.54, 1.807) is 19.9 Å². The van der Waals surface area contributed by atoms with Gasteiger partial charge in [-0.25, -0.2) is 18.4 Å². The number of ether oxygens (including phenoxy) is 2. The van der Waals surface area contributed by atoms with E-state index in [4.69, 9.17) is 16.3 Å². The van der Waals surface area contributed by atoms with Gasteiger partial charge in [-0.1, -0.05) is 48.9 Å². The maximum atomic E-state index is 13.6. The van der Waals surface area contributed by atoms with Gasteiger partial charge in [0.1, 0.15) is 6.61 Å². The van der Waals surface area contributed by atoms with E-state index in [0.717, 1.165) is 44.1 Å². The van der Waals surface area contributed by atoms with Gasteiger partial charge in [0.2, 0.25) is 5.95 Å². The van der Waals surface area contributed by atoms with Crippen LogP contribution in [0.5, 0.6) is 5.75 Å². The number of aromatic nitrogens is 2. The van der Waals surface area contributed by atoms with Crippen LogP contribution in [0.3, 0.4) is 0 Å². The van der Waals surface area contributed by atoms with Gasteiger partial charge in [0, 0.05) is 35.9 Å². The Labute approximate surface area is 286 Å². The first kappa shape index (κ1) is 39.0. The Morgan fingerprint density at radius 2 is 1.71 bits per heavy atom. The van der Waals surface area contributed by atoms with E-state index in [1.807, 2.05) is 23.1 Å². The van der Waals surface area contributed by atoms with Crippen LogP contribution in [0.2, 0.25) is 5.02 Å². The van der Waals surface area contributed by atoms with E-state index in [9.17, 15) is 26.4 Å². The fourth-order valence-corrected chi connectivity index (χ4v) is 6.24. The van der Waals surface area contributed by atoms with Crippen LogP contribution in [0.1, 0.15) is 56.7 Å². The summed E-state index contributed by atoms with van der Waals surface area (Å²) in [6.07, 6.45) is 2.83. The molecule has 4 rings (SSSR count). The third-order valence-electron chi connectivity index (χ3n) is 8.03. The van der Waals surface area contributed by atoms with Gasteiger partial charge in [-0.3, -0.25) is 9.69 Å². The van der Waals surface area contributed by atoms with Crippen molar-refractivity contribution in [1.29, 1.82) is 0 Å². The molecule has 3 atom stereocenters. The molecule has 0 aliphatic carbocycles. The van der Waals surface area contributed by atoms with Crippen molar-refractivity contribution in [2.75, 3.05) is 30.6 Å². The lowest BCUT2D eigenvalue weighted by atomic mass is 9.86. The molecule has 0 N–H and O–H groups in total. The topological polar surface area (TPSA) is 102 Å². The highest BCUT2D eigenvalue weighted by molar-refractivity contribution is 7.90. The largest absolute Gasteiger partial charge is 0.489 e. The first-order chi connectivity index (χ1) is 22.6. The minimum absolute atomic E-state index is 0.00656. The first-order valence-electron chi connectivity index (χ1n) is 15.7. The van der Waals surface area contributed by atoms with E-state index in [2.05, 4.69) is 45.7 Å². The molecule has 264 valence electrons. The lowest BCUT2D eigenvalue weighted by Crippen LogP contribution is -2.54. The van der Waals surface area contributed by atoms with Gasteiger partial charge >= 0.3 is 6.18 Å². The van der Waals surface area contributed by atoms with Gasteiger partial charge in [-0.05, 0) is 75.9 Å². The van der Waals surface area contributed by atoms with Gasteiger partial charge in [0.05, 0.1) is 29.8 Å². The number of benzene rings is 2. The molecule has 1 aliphatic heterocycles. The van der Waals surface area contributed by atoms with Crippen LogP contribution in [0.25, 0.3) is 0 Å². The summed E-state index contributed by atoms with van der Waals surface area (Å²) in [4.78, 5) is 22.8. The predicted octanol–water partition coefficient (Wildman–Crippen LogP) is 6.63. The van der Waals surface area contributed by atoms with E-state index in [-0.39, 0.29) is 48.2 Å². The summed E-state index contributed by atoms with van der Waals surface area (Å²) in [5.74, 6) is 0.511. The highest BCUT2D eigenvalue weighted by Crippen LogP contribution is 2.35. The summed E-state index contributed by atoms with van der Waals surface area (Å²) in [7, 11) is -1.06. The van der Waals surface area contributed by atoms with E-state index < -0.39 is 21.6 Å². The number of nitrogens with zero attached hydrogens (tertiary/aromatic N) is 4. The number of likely N-dealkylation sites (tertiary alicyclic amines) is 1. The molecule has 3 aromatic rings. The van der Waals surface area contributed by atoms with Crippen molar-refractivity contribution in [3.63, 3.8) is 0 Å². The first-order valence-corrected chi connectivity index (χ1v) is 18.1. The molecule has 9 nitrogen and oxygen atoms in total. The minimum atomic E-state index is -4.53. The van der Waals surface area contributed by atoms with Crippen molar-refractivity contribution in [2.24, 2.45) is 0 Å². The second-order valence-electron chi connectivity index (χ2n) is 12.1. The Hall–Kier alpha value is -3.42. The molecule has 0 spiro atoms. The Balaban J connectivity index is 0.000000952. The van der Waals surface area contributed by atoms with Crippen molar-refractivity contribution in [3.05, 3.63) is 82.6 Å². The summed E-state index contributed by atoms with van der Waals surface area (Å²) in [5, 5.41) is 0.00656. The average Bonchev–Trinajstić information content (AvgIpc) is 3.01. The highest BCUT2D eigenvalue weighted by atomic mass is 35.5. The van der Waals surface area contributed by atoms with Gasteiger partial charge < -0.3 is 14.4 Å². The van der Waals surface area contributed by atoms with Crippen molar-refractivity contribution < 1.29 is 35.9 Å². The summed E-state index contributed by atoms with van der Waals surface area (Å²) in [6, 6.07) is 14.2. The van der Waals surface area contributed by atoms with Gasteiger partial charge in [0.25, 0.3) is 6.47 Å². The molecular formula is C34H44ClF3N4O5S. The Morgan fingerprint density at radius 3 is 2.25 bits per heavy atom. The number of sulfone groups is 1. The quantitative estimate of drug-likeness (QED) is 0.181. The van der Waals surface area contributed by atoms with Crippen LogP contribution < -0.4 is 9.64 Å². The predicted molar refractivity (Wildman–Crippen MR) is 181 cm³/mol. The molecule has 1 aliphatic rings. The smallest absolute Gasteiger partial charge is 0.416 e. The van der Waals surface area contributed by atoms with Crippen LogP contribution >= 0.6 is 11.6 Å². The van der Waals surface area contributed by atoms with E-state index in [0.29, 0.717) is 23.7 Å². The zero-order valence-corrected chi connectivity index (χ0v) is 29.4. The van der Waals surface area contributed by atoms with Crippen LogP contribution in [0, 0.1) is 0 Å². The molecule has 1 fully saturated rings. The molecule has 0 bridgehead atoms. The van der Waals surface area contributed by atoms with E-state index >= 15 is 0 Å². The van der Waals surface area contributed by atoms with Crippen LogP contribution in [-0.2, 0) is 38.5 Å². The molecule has 2 heterocycles. The Morgan fingerprint density at radius 1 is 1.06 bits per heavy atom. The monoisotopic (exact) mass is 712 g/mol. The summed E-state index contributed by atoms with van der Waals surface area (Å²) < 4.78 is 73.6. The Kier molecular flexibility index (Phi) is 14.5. The summed E-state index contributed by atoms with van der Waals surface area (Å²) in [5.41, 5.74) is 0.809. The molecule has 1 saturated heterocycles. The Bertz CT molecular complexity index is 1550.